The van der Waals surface area contributed by atoms with E-state index in [4.69, 9.17) is 5.73 Å². The van der Waals surface area contributed by atoms with Crippen molar-refractivity contribution in [1.29, 1.82) is 0 Å². The van der Waals surface area contributed by atoms with Crippen molar-refractivity contribution in [2.75, 3.05) is 5.75 Å². The van der Waals surface area contributed by atoms with E-state index in [9.17, 15) is 19.5 Å². The number of nitrogens with zero attached hydrogens (tertiary/aromatic N) is 3. The zero-order valence-corrected chi connectivity index (χ0v) is 20.3. The largest absolute Gasteiger partial charge is 1.00 e. The molecular weight excluding hydrogens is 555 g/mol. The van der Waals surface area contributed by atoms with E-state index in [-0.39, 0.29) is 41.0 Å². The van der Waals surface area contributed by atoms with Gasteiger partial charge in [-0.2, -0.15) is 0 Å². The molecule has 1 fully saturated rings. The third kappa shape index (κ3) is 5.33. The third-order valence-electron chi connectivity index (χ3n) is 5.17. The van der Waals surface area contributed by atoms with E-state index < -0.39 is 17.9 Å². The van der Waals surface area contributed by atoms with Crippen LogP contribution in [0.3, 0.4) is 0 Å². The van der Waals surface area contributed by atoms with Crippen molar-refractivity contribution in [3.63, 3.8) is 0 Å². The summed E-state index contributed by atoms with van der Waals surface area (Å²) in [7, 11) is 0. The molecule has 0 spiro atoms. The standard InChI is InChI=1S/C23H20N4O4S.HI/c24-20(28)16-8-11-26(12-9-16)10-4-7-17-14-32-22-18(21(29)27(22)19(17)23(30)31)25-13-15-5-2-1-3-6-15;/h1-9,11-13,18,22H,10,14H2,(H2-,24,28,30,31);1H/t18?,22-;/m0./s1. The van der Waals surface area contributed by atoms with E-state index in [1.165, 1.54) is 16.7 Å². The number of carboxylic acid groups (broad SMARTS) is 1. The van der Waals surface area contributed by atoms with Gasteiger partial charge in [-0.05, 0) is 17.2 Å². The van der Waals surface area contributed by atoms with Gasteiger partial charge in [0.15, 0.2) is 25.0 Å². The van der Waals surface area contributed by atoms with E-state index in [1.54, 1.807) is 36.8 Å². The zero-order chi connectivity index (χ0) is 22.7. The number of nitrogens with two attached hydrogens (primary N) is 1. The number of hydrogen-bond donors (Lipinski definition) is 2. The normalized spacial score (nSPS) is 19.9. The minimum absolute atomic E-state index is 0. The molecule has 0 aliphatic carbocycles. The fourth-order valence-electron chi connectivity index (χ4n) is 3.52. The van der Waals surface area contributed by atoms with E-state index in [0.717, 1.165) is 5.56 Å². The van der Waals surface area contributed by atoms with Crippen LogP contribution in [0.25, 0.3) is 0 Å². The van der Waals surface area contributed by atoms with Crippen LogP contribution in [0.15, 0.2) is 83.3 Å². The number of allylic oxidation sites excluding steroid dienone is 2. The van der Waals surface area contributed by atoms with Gasteiger partial charge in [-0.3, -0.25) is 19.5 Å². The van der Waals surface area contributed by atoms with Crippen LogP contribution < -0.4 is 34.3 Å². The third-order valence-corrected chi connectivity index (χ3v) is 6.45. The molecule has 1 unspecified atom stereocenters. The Kier molecular flexibility index (Phi) is 8.03. The quantitative estimate of drug-likeness (QED) is 0.178. The smallest absolute Gasteiger partial charge is 0.352 e. The molecule has 3 N–H and O–H groups in total. The first-order chi connectivity index (χ1) is 15.5. The Morgan fingerprint density at radius 1 is 1.21 bits per heavy atom. The van der Waals surface area contributed by atoms with Gasteiger partial charge in [0, 0.05) is 24.1 Å². The Bertz CT molecular complexity index is 1150. The van der Waals surface area contributed by atoms with Crippen molar-refractivity contribution >= 4 is 35.8 Å². The summed E-state index contributed by atoms with van der Waals surface area (Å²) in [5.41, 5.74) is 7.12. The molecule has 0 saturated carbocycles. The molecule has 8 nitrogen and oxygen atoms in total. The van der Waals surface area contributed by atoms with Crippen LogP contribution in [0, 0.1) is 0 Å². The van der Waals surface area contributed by atoms with Gasteiger partial charge in [-0.15, -0.1) is 11.8 Å². The van der Waals surface area contributed by atoms with Gasteiger partial charge >= 0.3 is 5.97 Å². The molecule has 2 atom stereocenters. The van der Waals surface area contributed by atoms with E-state index >= 15 is 0 Å². The zero-order valence-electron chi connectivity index (χ0n) is 17.4. The molecule has 3 heterocycles. The monoisotopic (exact) mass is 576 g/mol. The first kappa shape index (κ1) is 24.6. The minimum Gasteiger partial charge on any atom is -1.00 e. The van der Waals surface area contributed by atoms with E-state index in [2.05, 4.69) is 4.99 Å². The van der Waals surface area contributed by atoms with Crippen molar-refractivity contribution in [1.82, 2.24) is 4.90 Å². The second kappa shape index (κ2) is 10.8. The number of carbonyl (C=O) groups is 3. The van der Waals surface area contributed by atoms with Crippen molar-refractivity contribution in [3.05, 3.63) is 89.4 Å². The van der Waals surface area contributed by atoms with Crippen LogP contribution >= 0.6 is 11.8 Å². The molecule has 1 saturated heterocycles. The Morgan fingerprint density at radius 2 is 1.91 bits per heavy atom. The molecule has 4 rings (SSSR count). The summed E-state index contributed by atoms with van der Waals surface area (Å²) >= 11 is 1.50. The molecule has 1 aromatic carbocycles. The number of halogens is 1. The maximum Gasteiger partial charge on any atom is 0.352 e. The number of carbonyl (C=O) groups excluding carboxylic acids is 2. The lowest BCUT2D eigenvalue weighted by atomic mass is 10.0. The minimum atomic E-state index is -1.13. The summed E-state index contributed by atoms with van der Waals surface area (Å²) in [4.78, 5) is 41.5. The summed E-state index contributed by atoms with van der Waals surface area (Å²) in [6.45, 7) is 0.474. The highest BCUT2D eigenvalue weighted by atomic mass is 127. The van der Waals surface area contributed by atoms with Gasteiger partial charge < -0.3 is 34.8 Å². The summed E-state index contributed by atoms with van der Waals surface area (Å²) in [5.74, 6) is -1.47. The number of amides is 2. The first-order valence-corrected chi connectivity index (χ1v) is 11.0. The Balaban J connectivity index is 0.00000306. The first-order valence-electron chi connectivity index (χ1n) is 9.90. The van der Waals surface area contributed by atoms with Gasteiger partial charge in [-0.25, -0.2) is 9.36 Å². The number of aliphatic carboxylic acids is 1. The molecule has 0 bridgehead atoms. The second-order valence-electron chi connectivity index (χ2n) is 7.27. The van der Waals surface area contributed by atoms with Gasteiger partial charge in [0.2, 0.25) is 5.91 Å². The lowest BCUT2D eigenvalue weighted by Gasteiger charge is -2.47. The fourth-order valence-corrected chi connectivity index (χ4v) is 4.83. The number of rotatable bonds is 7. The number of thioether (sulfide) groups is 1. The predicted molar refractivity (Wildman–Crippen MR) is 120 cm³/mol. The van der Waals surface area contributed by atoms with Crippen molar-refractivity contribution < 1.29 is 48.0 Å². The number of benzene rings is 1. The van der Waals surface area contributed by atoms with Crippen LogP contribution in [0.5, 0.6) is 0 Å². The van der Waals surface area contributed by atoms with Crippen LogP contribution in [-0.4, -0.2) is 51.2 Å². The van der Waals surface area contributed by atoms with Crippen molar-refractivity contribution in [2.45, 2.75) is 18.0 Å². The van der Waals surface area contributed by atoms with Crippen molar-refractivity contribution in [2.24, 2.45) is 10.7 Å². The van der Waals surface area contributed by atoms with Gasteiger partial charge in [0.25, 0.3) is 5.91 Å². The number of hydrogen-bond acceptors (Lipinski definition) is 5. The number of aliphatic imine (C=N–C) groups is 1. The molecule has 170 valence electrons. The average molecular weight is 576 g/mol. The highest BCUT2D eigenvalue weighted by Gasteiger charge is 2.53. The molecular formula is C23H21IN4O4S. The van der Waals surface area contributed by atoms with Crippen LogP contribution in [0.2, 0.25) is 0 Å². The molecule has 2 aliphatic heterocycles. The maximum absolute atomic E-state index is 12.7. The number of fused-ring (bicyclic) bond motifs is 1. The molecule has 1 aromatic heterocycles. The van der Waals surface area contributed by atoms with Crippen LogP contribution in [-0.2, 0) is 16.1 Å². The molecule has 2 aliphatic rings. The van der Waals surface area contributed by atoms with Crippen LogP contribution in [0.1, 0.15) is 15.9 Å². The lowest BCUT2D eigenvalue weighted by molar-refractivity contribution is -0.687. The van der Waals surface area contributed by atoms with Crippen molar-refractivity contribution in [3.8, 4) is 0 Å². The number of β-lactam (4-membered cyclic amide) rings is 1. The number of carboxylic acids is 1. The Hall–Kier alpha value is -2.99. The second-order valence-corrected chi connectivity index (χ2v) is 8.38. The summed E-state index contributed by atoms with van der Waals surface area (Å²) < 4.78 is 1.83. The number of aromatic nitrogens is 1. The maximum atomic E-state index is 12.7. The van der Waals surface area contributed by atoms with E-state index in [1.807, 2.05) is 41.0 Å². The number of pyridine rings is 1. The molecule has 2 amide bonds. The average Bonchev–Trinajstić information content (AvgIpc) is 2.79. The molecule has 10 heteroatoms. The molecule has 33 heavy (non-hydrogen) atoms. The predicted octanol–water partition coefficient (Wildman–Crippen LogP) is -1.63. The fraction of sp³-hybridized carbons (Fsp3) is 0.174. The molecule has 0 radical (unpaired) electrons. The topological polar surface area (TPSA) is 117 Å². The van der Waals surface area contributed by atoms with E-state index in [0.29, 0.717) is 23.4 Å². The SMILES string of the molecule is NC(=O)c1cc[n+](CC=CC2=C(C(=O)O)N3C(=O)C(N=Cc4ccccc4)[C@@H]3SC2)cc1.[I-]. The van der Waals surface area contributed by atoms with Gasteiger partial charge in [-0.1, -0.05) is 36.4 Å². The highest BCUT2D eigenvalue weighted by Crippen LogP contribution is 2.41. The summed E-state index contributed by atoms with van der Waals surface area (Å²) in [5, 5.41) is 9.44. The Morgan fingerprint density at radius 3 is 2.55 bits per heavy atom. The summed E-state index contributed by atoms with van der Waals surface area (Å²) in [6, 6.07) is 12.1. The van der Waals surface area contributed by atoms with Gasteiger partial charge in [0.05, 0.1) is 5.56 Å². The highest BCUT2D eigenvalue weighted by molar-refractivity contribution is 8.00. The van der Waals surface area contributed by atoms with Gasteiger partial charge in [0.1, 0.15) is 11.1 Å². The Labute approximate surface area is 211 Å². The number of primary amides is 1. The molecule has 2 aromatic rings. The summed E-state index contributed by atoms with van der Waals surface area (Å²) in [6.07, 6.45) is 8.64. The lowest BCUT2D eigenvalue weighted by Crippen LogP contribution is -3.00. The van der Waals surface area contributed by atoms with Crippen LogP contribution in [0.4, 0.5) is 0 Å².